The molecule has 132 valence electrons. The summed E-state index contributed by atoms with van der Waals surface area (Å²) in [7, 11) is -3.68. The Hall–Kier alpha value is -1.66. The van der Waals surface area contributed by atoms with Gasteiger partial charge in [-0.2, -0.15) is 17.9 Å². The Kier molecular flexibility index (Phi) is 4.77. The Labute approximate surface area is 157 Å². The molecule has 0 N–H and O–H groups in total. The lowest BCUT2D eigenvalue weighted by Crippen LogP contribution is -2.41. The molecular formula is C19H21BrN2O2S. The van der Waals surface area contributed by atoms with Gasteiger partial charge in [-0.1, -0.05) is 67.0 Å². The fourth-order valence-corrected chi connectivity index (χ4v) is 4.78. The smallest absolute Gasteiger partial charge is 0.200 e. The number of hydrogen-bond acceptors (Lipinski definition) is 3. The molecule has 2 aromatic rings. The third-order valence-corrected chi connectivity index (χ3v) is 6.56. The fraction of sp³-hybridized carbons (Fsp3) is 0.316. The highest BCUT2D eigenvalue weighted by Crippen LogP contribution is 2.37. The number of sulfonamides is 1. The van der Waals surface area contributed by atoms with Crippen molar-refractivity contribution in [1.82, 2.24) is 4.41 Å². The van der Waals surface area contributed by atoms with Gasteiger partial charge in [-0.3, -0.25) is 0 Å². The maximum Gasteiger partial charge on any atom is 0.279 e. The molecule has 1 atom stereocenters. The molecule has 0 unspecified atom stereocenters. The van der Waals surface area contributed by atoms with E-state index in [-0.39, 0.29) is 16.4 Å². The van der Waals surface area contributed by atoms with Crippen LogP contribution in [-0.2, 0) is 10.0 Å². The van der Waals surface area contributed by atoms with Crippen LogP contribution >= 0.6 is 15.9 Å². The third-order valence-electron chi connectivity index (χ3n) is 4.34. The van der Waals surface area contributed by atoms with E-state index in [9.17, 15) is 8.42 Å². The molecule has 0 saturated heterocycles. The van der Waals surface area contributed by atoms with Crippen molar-refractivity contribution in [3.8, 4) is 0 Å². The highest BCUT2D eigenvalue weighted by Gasteiger charge is 2.42. The van der Waals surface area contributed by atoms with Crippen LogP contribution in [0.3, 0.4) is 0 Å². The standard InChI is InChI=1S/C19H21BrN2O2S/c1-19(2,3)18-13-17(14-9-11-15(20)12-10-14)21-22(18)25(23,24)16-7-5-4-6-8-16/h4-12,18H,13H2,1-3H3/t18-/m0/s1. The Morgan fingerprint density at radius 2 is 1.64 bits per heavy atom. The van der Waals surface area contributed by atoms with Crippen LogP contribution in [0.15, 0.2) is 69.1 Å². The van der Waals surface area contributed by atoms with Crippen LogP contribution in [0.2, 0.25) is 0 Å². The minimum atomic E-state index is -3.68. The van der Waals surface area contributed by atoms with Crippen LogP contribution in [0.25, 0.3) is 0 Å². The summed E-state index contributed by atoms with van der Waals surface area (Å²) >= 11 is 3.43. The highest BCUT2D eigenvalue weighted by atomic mass is 79.9. The zero-order valence-electron chi connectivity index (χ0n) is 14.5. The van der Waals surface area contributed by atoms with Gasteiger partial charge in [0.15, 0.2) is 0 Å². The summed E-state index contributed by atoms with van der Waals surface area (Å²) < 4.78 is 28.6. The first kappa shape index (κ1) is 18.1. The second kappa shape index (κ2) is 6.57. The zero-order chi connectivity index (χ0) is 18.2. The summed E-state index contributed by atoms with van der Waals surface area (Å²) in [5.41, 5.74) is 1.51. The van der Waals surface area contributed by atoms with Crippen LogP contribution < -0.4 is 0 Å². The summed E-state index contributed by atoms with van der Waals surface area (Å²) in [4.78, 5) is 0.269. The molecule has 0 amide bonds. The molecular weight excluding hydrogens is 400 g/mol. The molecule has 0 spiro atoms. The number of halogens is 1. The van der Waals surface area contributed by atoms with E-state index in [1.807, 2.05) is 45.0 Å². The number of nitrogens with zero attached hydrogens (tertiary/aromatic N) is 2. The molecule has 2 aromatic carbocycles. The lowest BCUT2D eigenvalue weighted by atomic mass is 9.84. The number of benzene rings is 2. The van der Waals surface area contributed by atoms with Crippen molar-refractivity contribution < 1.29 is 8.42 Å². The molecule has 1 aliphatic heterocycles. The molecule has 4 nitrogen and oxygen atoms in total. The predicted octanol–water partition coefficient (Wildman–Crippen LogP) is 4.66. The lowest BCUT2D eigenvalue weighted by Gasteiger charge is -2.33. The van der Waals surface area contributed by atoms with Gasteiger partial charge in [0.05, 0.1) is 16.6 Å². The number of rotatable bonds is 3. The topological polar surface area (TPSA) is 49.7 Å². The maximum absolute atomic E-state index is 13.1. The molecule has 0 saturated carbocycles. The SMILES string of the molecule is CC(C)(C)[C@@H]1CC(c2ccc(Br)cc2)=NN1S(=O)(=O)c1ccccc1. The van der Waals surface area contributed by atoms with E-state index in [0.717, 1.165) is 15.7 Å². The molecule has 3 rings (SSSR count). The lowest BCUT2D eigenvalue weighted by molar-refractivity contribution is 0.203. The molecule has 0 radical (unpaired) electrons. The van der Waals surface area contributed by atoms with Crippen LogP contribution in [0, 0.1) is 5.41 Å². The van der Waals surface area contributed by atoms with Gasteiger partial charge in [0.1, 0.15) is 0 Å². The van der Waals surface area contributed by atoms with Crippen molar-refractivity contribution in [2.24, 2.45) is 10.5 Å². The predicted molar refractivity (Wildman–Crippen MR) is 104 cm³/mol. The van der Waals surface area contributed by atoms with Gasteiger partial charge in [0.25, 0.3) is 10.0 Å². The summed E-state index contributed by atoms with van der Waals surface area (Å²) in [5, 5.41) is 4.53. The maximum atomic E-state index is 13.1. The first-order valence-electron chi connectivity index (χ1n) is 8.12. The summed E-state index contributed by atoms with van der Waals surface area (Å²) in [6.07, 6.45) is 0.594. The number of hydrogen-bond donors (Lipinski definition) is 0. The largest absolute Gasteiger partial charge is 0.279 e. The van der Waals surface area contributed by atoms with Crippen LogP contribution in [-0.4, -0.2) is 24.6 Å². The van der Waals surface area contributed by atoms with Crippen LogP contribution in [0.5, 0.6) is 0 Å². The van der Waals surface area contributed by atoms with E-state index in [1.165, 1.54) is 4.41 Å². The number of hydrazone groups is 1. The Bertz CT molecular complexity index is 885. The van der Waals surface area contributed by atoms with Crippen molar-refractivity contribution in [3.05, 3.63) is 64.6 Å². The van der Waals surface area contributed by atoms with E-state index in [4.69, 9.17) is 0 Å². The second-order valence-corrected chi connectivity index (χ2v) is 9.94. The van der Waals surface area contributed by atoms with Gasteiger partial charge in [0, 0.05) is 10.9 Å². The van der Waals surface area contributed by atoms with Gasteiger partial charge in [-0.25, -0.2) is 0 Å². The molecule has 25 heavy (non-hydrogen) atoms. The Balaban J connectivity index is 2.06. The molecule has 1 heterocycles. The van der Waals surface area contributed by atoms with Crippen LogP contribution in [0.4, 0.5) is 0 Å². The van der Waals surface area contributed by atoms with Crippen molar-refractivity contribution in [1.29, 1.82) is 0 Å². The Morgan fingerprint density at radius 3 is 2.20 bits per heavy atom. The highest BCUT2D eigenvalue weighted by molar-refractivity contribution is 9.10. The van der Waals surface area contributed by atoms with Crippen molar-refractivity contribution >= 4 is 31.7 Å². The van der Waals surface area contributed by atoms with E-state index < -0.39 is 10.0 Å². The monoisotopic (exact) mass is 420 g/mol. The van der Waals surface area contributed by atoms with Crippen molar-refractivity contribution in [2.75, 3.05) is 0 Å². The first-order chi connectivity index (χ1) is 11.7. The minimum Gasteiger partial charge on any atom is -0.200 e. The molecule has 6 heteroatoms. The average Bonchev–Trinajstić information content (AvgIpc) is 3.03. The van der Waals surface area contributed by atoms with Gasteiger partial charge < -0.3 is 0 Å². The van der Waals surface area contributed by atoms with E-state index in [0.29, 0.717) is 6.42 Å². The van der Waals surface area contributed by atoms with Gasteiger partial charge in [0.2, 0.25) is 0 Å². The average molecular weight is 421 g/mol. The summed E-state index contributed by atoms with van der Waals surface area (Å²) in [6.45, 7) is 6.14. The van der Waals surface area contributed by atoms with Gasteiger partial charge in [-0.05, 0) is 35.2 Å². The third kappa shape index (κ3) is 3.65. The fourth-order valence-electron chi connectivity index (χ4n) is 2.87. The molecule has 1 aliphatic rings. The van der Waals surface area contributed by atoms with Crippen LogP contribution in [0.1, 0.15) is 32.8 Å². The Morgan fingerprint density at radius 1 is 1.04 bits per heavy atom. The molecule has 0 bridgehead atoms. The quantitative estimate of drug-likeness (QED) is 0.724. The molecule has 0 aromatic heterocycles. The minimum absolute atomic E-state index is 0.226. The second-order valence-electron chi connectivity index (χ2n) is 7.23. The van der Waals surface area contributed by atoms with Crippen molar-refractivity contribution in [2.45, 2.75) is 38.1 Å². The van der Waals surface area contributed by atoms with Gasteiger partial charge >= 0.3 is 0 Å². The summed E-state index contributed by atoms with van der Waals surface area (Å²) in [5.74, 6) is 0. The van der Waals surface area contributed by atoms with E-state index in [1.54, 1.807) is 30.3 Å². The zero-order valence-corrected chi connectivity index (χ0v) is 16.9. The van der Waals surface area contributed by atoms with E-state index >= 15 is 0 Å². The van der Waals surface area contributed by atoms with E-state index in [2.05, 4.69) is 21.0 Å². The normalized spacial score (nSPS) is 18.3. The molecule has 0 aliphatic carbocycles. The summed E-state index contributed by atoms with van der Waals surface area (Å²) in [6, 6.07) is 16.1. The van der Waals surface area contributed by atoms with Crippen molar-refractivity contribution in [3.63, 3.8) is 0 Å². The first-order valence-corrected chi connectivity index (χ1v) is 10.4. The van der Waals surface area contributed by atoms with Gasteiger partial charge in [-0.15, -0.1) is 0 Å². The molecule has 0 fully saturated rings.